The predicted molar refractivity (Wildman–Crippen MR) is 82.6 cm³/mol. The molecule has 0 aliphatic carbocycles. The van der Waals surface area contributed by atoms with Gasteiger partial charge in [0.2, 0.25) is 0 Å². The summed E-state index contributed by atoms with van der Waals surface area (Å²) in [5, 5.41) is 0. The fraction of sp³-hybridized carbons (Fsp3) is 0.882. The Hall–Kier alpha value is -0.860. The zero-order chi connectivity index (χ0) is 15.4. The van der Waals surface area contributed by atoms with E-state index in [0.29, 0.717) is 13.0 Å². The van der Waals surface area contributed by atoms with E-state index in [9.17, 15) is 9.59 Å². The van der Waals surface area contributed by atoms with Crippen molar-refractivity contribution >= 4 is 11.8 Å². The lowest BCUT2D eigenvalue weighted by molar-refractivity contribution is -0.151. The smallest absolute Gasteiger partial charge is 0.316 e. The summed E-state index contributed by atoms with van der Waals surface area (Å²) in [5.41, 5.74) is 0. The molecule has 0 aliphatic rings. The molecule has 20 heavy (non-hydrogen) atoms. The summed E-state index contributed by atoms with van der Waals surface area (Å²) in [6.07, 6.45) is 9.00. The molecule has 2 unspecified atom stereocenters. The van der Waals surface area contributed by atoms with Crippen molar-refractivity contribution in [2.45, 2.75) is 79.1 Å². The molecule has 0 amide bonds. The maximum absolute atomic E-state index is 11.6. The molecule has 3 nitrogen and oxygen atoms in total. The predicted octanol–water partition coefficient (Wildman–Crippen LogP) is 4.53. The highest BCUT2D eigenvalue weighted by Crippen LogP contribution is 2.17. The van der Waals surface area contributed by atoms with E-state index >= 15 is 0 Å². The maximum Gasteiger partial charge on any atom is 0.316 e. The van der Waals surface area contributed by atoms with Crippen LogP contribution in [0.4, 0.5) is 0 Å². The molecular weight excluding hydrogens is 252 g/mol. The number of hydrogen-bond acceptors (Lipinski definition) is 3. The number of ketones is 1. The van der Waals surface area contributed by atoms with Gasteiger partial charge < -0.3 is 4.74 Å². The molecule has 0 rings (SSSR count). The largest absolute Gasteiger partial charge is 0.465 e. The lowest BCUT2D eigenvalue weighted by Crippen LogP contribution is -2.24. The first-order chi connectivity index (χ1) is 9.52. The summed E-state index contributed by atoms with van der Waals surface area (Å²) in [4.78, 5) is 23.1. The van der Waals surface area contributed by atoms with Crippen molar-refractivity contribution in [1.29, 1.82) is 0 Å². The minimum Gasteiger partial charge on any atom is -0.465 e. The average molecular weight is 284 g/mol. The molecule has 0 fully saturated rings. The Balaban J connectivity index is 3.74. The van der Waals surface area contributed by atoms with Gasteiger partial charge in [-0.2, -0.15) is 0 Å². The van der Waals surface area contributed by atoms with Gasteiger partial charge in [0.25, 0.3) is 0 Å². The number of esters is 1. The minimum atomic E-state index is -0.547. The third-order valence-corrected chi connectivity index (χ3v) is 3.78. The van der Waals surface area contributed by atoms with Gasteiger partial charge in [-0.15, -0.1) is 0 Å². The summed E-state index contributed by atoms with van der Waals surface area (Å²) in [6.45, 7) is 8.14. The zero-order valence-electron chi connectivity index (χ0n) is 13.7. The van der Waals surface area contributed by atoms with Crippen LogP contribution in [0.5, 0.6) is 0 Å². The monoisotopic (exact) mass is 284 g/mol. The second kappa shape index (κ2) is 11.9. The van der Waals surface area contributed by atoms with Gasteiger partial charge in [0.1, 0.15) is 11.7 Å². The molecule has 118 valence electrons. The van der Waals surface area contributed by atoms with Gasteiger partial charge >= 0.3 is 5.97 Å². The molecular formula is C17H32O3. The summed E-state index contributed by atoms with van der Waals surface area (Å²) in [7, 11) is 0. The Labute approximate surface area is 124 Å². The number of unbranched alkanes of at least 4 members (excludes halogenated alkanes) is 3. The standard InChI is InChI=1S/C17H32O3/c1-5-11-14(3)12-9-7-8-10-13-16(15(4)18)17(19)20-6-2/h14,16H,5-13H2,1-4H3. The molecule has 0 aliphatic heterocycles. The molecule has 0 aromatic heterocycles. The molecule has 3 heteroatoms. The lowest BCUT2D eigenvalue weighted by atomic mass is 9.95. The third kappa shape index (κ3) is 9.11. The first-order valence-corrected chi connectivity index (χ1v) is 8.19. The Morgan fingerprint density at radius 3 is 2.05 bits per heavy atom. The van der Waals surface area contributed by atoms with E-state index in [2.05, 4.69) is 13.8 Å². The van der Waals surface area contributed by atoms with E-state index in [1.807, 2.05) is 0 Å². The highest BCUT2D eigenvalue weighted by molar-refractivity contribution is 5.97. The van der Waals surface area contributed by atoms with Crippen LogP contribution in [0.3, 0.4) is 0 Å². The van der Waals surface area contributed by atoms with Gasteiger partial charge in [-0.05, 0) is 26.2 Å². The van der Waals surface area contributed by atoms with E-state index in [1.165, 1.54) is 39.0 Å². The molecule has 0 aromatic rings. The van der Waals surface area contributed by atoms with E-state index < -0.39 is 5.92 Å². The Bertz CT molecular complexity index is 273. The van der Waals surface area contributed by atoms with Gasteiger partial charge in [0, 0.05) is 0 Å². The van der Waals surface area contributed by atoms with Crippen molar-refractivity contribution in [1.82, 2.24) is 0 Å². The first-order valence-electron chi connectivity index (χ1n) is 8.19. The molecule has 0 spiro atoms. The second-order valence-corrected chi connectivity index (χ2v) is 5.80. The van der Waals surface area contributed by atoms with Gasteiger partial charge in [0.05, 0.1) is 6.61 Å². The second-order valence-electron chi connectivity index (χ2n) is 5.80. The van der Waals surface area contributed by atoms with E-state index in [-0.39, 0.29) is 11.8 Å². The fourth-order valence-corrected chi connectivity index (χ4v) is 2.56. The minimum absolute atomic E-state index is 0.0694. The van der Waals surface area contributed by atoms with Crippen LogP contribution < -0.4 is 0 Å². The van der Waals surface area contributed by atoms with E-state index in [4.69, 9.17) is 4.74 Å². The SMILES string of the molecule is CCCC(C)CCCCCCC(C(C)=O)C(=O)OCC. The Morgan fingerprint density at radius 2 is 1.55 bits per heavy atom. The van der Waals surface area contributed by atoms with Crippen molar-refractivity contribution in [2.24, 2.45) is 11.8 Å². The summed E-state index contributed by atoms with van der Waals surface area (Å²) < 4.78 is 4.94. The van der Waals surface area contributed by atoms with Gasteiger partial charge in [-0.1, -0.05) is 58.8 Å². The van der Waals surface area contributed by atoms with Crippen LogP contribution in [0.15, 0.2) is 0 Å². The van der Waals surface area contributed by atoms with Crippen LogP contribution in [0.25, 0.3) is 0 Å². The van der Waals surface area contributed by atoms with Gasteiger partial charge in [-0.25, -0.2) is 0 Å². The van der Waals surface area contributed by atoms with E-state index in [1.54, 1.807) is 6.92 Å². The van der Waals surface area contributed by atoms with Gasteiger partial charge in [0.15, 0.2) is 0 Å². The zero-order valence-corrected chi connectivity index (χ0v) is 13.7. The van der Waals surface area contributed by atoms with Crippen molar-refractivity contribution in [3.05, 3.63) is 0 Å². The number of carbonyl (C=O) groups excluding carboxylic acids is 2. The first kappa shape index (κ1) is 19.1. The molecule has 2 atom stereocenters. The molecule has 0 N–H and O–H groups in total. The number of carbonyl (C=O) groups is 2. The number of Topliss-reactive ketones (excluding diaryl/α,β-unsaturated/α-hetero) is 1. The molecule has 0 radical (unpaired) electrons. The van der Waals surface area contributed by atoms with Crippen LogP contribution in [0.2, 0.25) is 0 Å². The molecule has 0 saturated heterocycles. The highest BCUT2D eigenvalue weighted by Gasteiger charge is 2.23. The Morgan fingerprint density at radius 1 is 0.950 bits per heavy atom. The number of rotatable bonds is 12. The number of hydrogen-bond donors (Lipinski definition) is 0. The highest BCUT2D eigenvalue weighted by atomic mass is 16.5. The van der Waals surface area contributed by atoms with Gasteiger partial charge in [-0.3, -0.25) is 9.59 Å². The molecule has 0 saturated carbocycles. The Kier molecular flexibility index (Phi) is 11.4. The van der Waals surface area contributed by atoms with Crippen LogP contribution in [-0.4, -0.2) is 18.4 Å². The van der Waals surface area contributed by atoms with Crippen LogP contribution in [0.1, 0.15) is 79.1 Å². The molecule has 0 bridgehead atoms. The summed E-state index contributed by atoms with van der Waals surface area (Å²) in [5.74, 6) is -0.143. The lowest BCUT2D eigenvalue weighted by Gasteiger charge is -2.12. The normalized spacial score (nSPS) is 13.8. The van der Waals surface area contributed by atoms with Crippen molar-refractivity contribution < 1.29 is 14.3 Å². The van der Waals surface area contributed by atoms with Crippen molar-refractivity contribution in [3.8, 4) is 0 Å². The molecule has 0 heterocycles. The van der Waals surface area contributed by atoms with Crippen LogP contribution in [0, 0.1) is 11.8 Å². The third-order valence-electron chi connectivity index (χ3n) is 3.78. The van der Waals surface area contributed by atoms with Crippen molar-refractivity contribution in [3.63, 3.8) is 0 Å². The van der Waals surface area contributed by atoms with Crippen LogP contribution >= 0.6 is 0 Å². The maximum atomic E-state index is 11.6. The molecule has 0 aromatic carbocycles. The fourth-order valence-electron chi connectivity index (χ4n) is 2.56. The summed E-state index contributed by atoms with van der Waals surface area (Å²) >= 11 is 0. The van der Waals surface area contributed by atoms with Crippen molar-refractivity contribution in [2.75, 3.05) is 6.61 Å². The quantitative estimate of drug-likeness (QED) is 0.300. The van der Waals surface area contributed by atoms with Crippen LogP contribution in [-0.2, 0) is 14.3 Å². The van der Waals surface area contributed by atoms with E-state index in [0.717, 1.165) is 18.8 Å². The summed E-state index contributed by atoms with van der Waals surface area (Å²) in [6, 6.07) is 0. The average Bonchev–Trinajstić information content (AvgIpc) is 2.37. The number of ether oxygens (including phenoxy) is 1. The topological polar surface area (TPSA) is 43.4 Å².